The molecule has 0 aromatic heterocycles. The molecule has 10 heteroatoms. The highest BCUT2D eigenvalue weighted by molar-refractivity contribution is 5.58. The standard InChI is InChI=1S/C23H24F6O4/c1-5-7-16-12-17(21(22(24,25)26,23(27,28)29)32-14-30-3)9-11-19(16)33-18-10-8-15(6-2)20(13-18)31-4/h6,8-13H,2,5,7,14H2,1,3-4H3. The SMILES string of the molecule is C=Cc1ccc(Oc2ccc(C(OCOC)(C(F)(F)F)C(F)(F)F)cc2CCC)cc1OC. The minimum absolute atomic E-state index is 0.110. The molecule has 0 spiro atoms. The summed E-state index contributed by atoms with van der Waals surface area (Å²) in [5, 5.41) is 0. The zero-order valence-corrected chi connectivity index (χ0v) is 18.3. The number of aryl methyl sites for hydroxylation is 1. The zero-order valence-electron chi connectivity index (χ0n) is 18.3. The molecule has 0 unspecified atom stereocenters. The fourth-order valence-electron chi connectivity index (χ4n) is 3.30. The molecular weight excluding hydrogens is 454 g/mol. The number of rotatable bonds is 10. The van der Waals surface area contributed by atoms with Crippen LogP contribution in [-0.4, -0.2) is 33.4 Å². The van der Waals surface area contributed by atoms with Crippen LogP contribution in [0.5, 0.6) is 17.2 Å². The fourth-order valence-corrected chi connectivity index (χ4v) is 3.30. The van der Waals surface area contributed by atoms with Gasteiger partial charge in [-0.05, 0) is 36.2 Å². The fraction of sp³-hybridized carbons (Fsp3) is 0.391. The molecule has 0 aliphatic heterocycles. The van der Waals surface area contributed by atoms with E-state index in [1.165, 1.54) is 13.2 Å². The van der Waals surface area contributed by atoms with Gasteiger partial charge in [0.05, 0.1) is 7.11 Å². The van der Waals surface area contributed by atoms with E-state index in [4.69, 9.17) is 9.47 Å². The molecule has 0 saturated heterocycles. The Morgan fingerprint density at radius 3 is 2.09 bits per heavy atom. The van der Waals surface area contributed by atoms with Gasteiger partial charge >= 0.3 is 12.4 Å². The summed E-state index contributed by atoms with van der Waals surface area (Å²) in [5.74, 6) is 0.840. The molecule has 0 bridgehead atoms. The van der Waals surface area contributed by atoms with Crippen molar-refractivity contribution in [2.24, 2.45) is 0 Å². The molecule has 0 atom stereocenters. The highest BCUT2D eigenvalue weighted by Gasteiger charge is 2.73. The Labute approximate surface area is 187 Å². The zero-order chi connectivity index (χ0) is 24.9. The van der Waals surface area contributed by atoms with Crippen LogP contribution in [0.1, 0.15) is 30.0 Å². The van der Waals surface area contributed by atoms with Crippen molar-refractivity contribution in [3.63, 3.8) is 0 Å². The van der Waals surface area contributed by atoms with Gasteiger partial charge in [0.2, 0.25) is 0 Å². The summed E-state index contributed by atoms with van der Waals surface area (Å²) in [6, 6.07) is 7.35. The molecule has 4 nitrogen and oxygen atoms in total. The Morgan fingerprint density at radius 2 is 1.58 bits per heavy atom. The van der Waals surface area contributed by atoms with Crippen molar-refractivity contribution in [3.05, 3.63) is 59.7 Å². The molecule has 0 N–H and O–H groups in total. The second-order valence-electron chi connectivity index (χ2n) is 7.01. The lowest BCUT2D eigenvalue weighted by atomic mass is 9.89. The van der Waals surface area contributed by atoms with Crippen LogP contribution >= 0.6 is 0 Å². The van der Waals surface area contributed by atoms with Crippen LogP contribution in [-0.2, 0) is 21.5 Å². The predicted octanol–water partition coefficient (Wildman–Crippen LogP) is 7.02. The minimum atomic E-state index is -5.80. The molecule has 2 rings (SSSR count). The van der Waals surface area contributed by atoms with Gasteiger partial charge in [0.25, 0.3) is 5.60 Å². The van der Waals surface area contributed by atoms with Gasteiger partial charge in [-0.3, -0.25) is 0 Å². The third-order valence-electron chi connectivity index (χ3n) is 4.83. The van der Waals surface area contributed by atoms with Crippen LogP contribution in [0, 0.1) is 0 Å². The Balaban J connectivity index is 2.61. The number of benzene rings is 2. The number of methoxy groups -OCH3 is 2. The Kier molecular flexibility index (Phi) is 8.42. The quantitative estimate of drug-likeness (QED) is 0.272. The van der Waals surface area contributed by atoms with Crippen molar-refractivity contribution in [2.75, 3.05) is 21.0 Å². The average molecular weight is 478 g/mol. The monoisotopic (exact) mass is 478 g/mol. The van der Waals surface area contributed by atoms with E-state index in [1.807, 2.05) is 0 Å². The number of hydrogen-bond acceptors (Lipinski definition) is 4. The molecule has 182 valence electrons. The van der Waals surface area contributed by atoms with Crippen LogP contribution in [0.4, 0.5) is 26.3 Å². The van der Waals surface area contributed by atoms with Crippen molar-refractivity contribution < 1.29 is 45.3 Å². The highest BCUT2D eigenvalue weighted by Crippen LogP contribution is 2.53. The lowest BCUT2D eigenvalue weighted by molar-refractivity contribution is -0.400. The summed E-state index contributed by atoms with van der Waals surface area (Å²) in [4.78, 5) is 0. The average Bonchev–Trinajstić information content (AvgIpc) is 2.74. The summed E-state index contributed by atoms with van der Waals surface area (Å²) in [6.07, 6.45) is -9.43. The van der Waals surface area contributed by atoms with Crippen LogP contribution < -0.4 is 9.47 Å². The van der Waals surface area contributed by atoms with Crippen molar-refractivity contribution in [3.8, 4) is 17.2 Å². The van der Waals surface area contributed by atoms with Gasteiger partial charge in [0.15, 0.2) is 0 Å². The molecule has 0 aliphatic rings. The van der Waals surface area contributed by atoms with Gasteiger partial charge in [0.1, 0.15) is 24.0 Å². The van der Waals surface area contributed by atoms with E-state index in [1.54, 1.807) is 25.1 Å². The molecule has 2 aromatic carbocycles. The molecule has 0 fully saturated rings. The maximum atomic E-state index is 13.8. The van der Waals surface area contributed by atoms with E-state index in [9.17, 15) is 26.3 Å². The minimum Gasteiger partial charge on any atom is -0.496 e. The first-order chi connectivity index (χ1) is 15.4. The molecule has 0 amide bonds. The van der Waals surface area contributed by atoms with Gasteiger partial charge in [-0.15, -0.1) is 0 Å². The predicted molar refractivity (Wildman–Crippen MR) is 110 cm³/mol. The highest BCUT2D eigenvalue weighted by atomic mass is 19.4. The Hall–Kier alpha value is -2.72. The van der Waals surface area contributed by atoms with Crippen LogP contribution in [0.25, 0.3) is 6.08 Å². The van der Waals surface area contributed by atoms with Crippen LogP contribution in [0.2, 0.25) is 0 Å². The smallest absolute Gasteiger partial charge is 0.430 e. The third kappa shape index (κ3) is 5.44. The van der Waals surface area contributed by atoms with Gasteiger partial charge < -0.3 is 18.9 Å². The maximum absolute atomic E-state index is 13.8. The van der Waals surface area contributed by atoms with Gasteiger partial charge in [-0.25, -0.2) is 0 Å². The van der Waals surface area contributed by atoms with Crippen molar-refractivity contribution >= 4 is 6.08 Å². The number of hydrogen-bond donors (Lipinski definition) is 0. The molecule has 2 aromatic rings. The summed E-state index contributed by atoms with van der Waals surface area (Å²) in [7, 11) is 2.38. The van der Waals surface area contributed by atoms with Gasteiger partial charge in [-0.1, -0.05) is 32.1 Å². The van der Waals surface area contributed by atoms with E-state index in [2.05, 4.69) is 16.1 Å². The first-order valence-corrected chi connectivity index (χ1v) is 9.83. The molecule has 0 heterocycles. The molecule has 0 aliphatic carbocycles. The lowest BCUT2D eigenvalue weighted by Gasteiger charge is -2.37. The summed E-state index contributed by atoms with van der Waals surface area (Å²) in [6.45, 7) is 4.18. The van der Waals surface area contributed by atoms with Crippen molar-refractivity contribution in [2.45, 2.75) is 37.7 Å². The second kappa shape index (κ2) is 10.5. The molecule has 33 heavy (non-hydrogen) atoms. The number of halogens is 6. The van der Waals surface area contributed by atoms with Crippen LogP contribution in [0.3, 0.4) is 0 Å². The van der Waals surface area contributed by atoms with Gasteiger partial charge in [0, 0.05) is 24.3 Å². The normalized spacial score (nSPS) is 12.5. The first kappa shape index (κ1) is 26.5. The second-order valence-corrected chi connectivity index (χ2v) is 7.01. The Bertz CT molecular complexity index is 939. The molecular formula is C23H24F6O4. The third-order valence-corrected chi connectivity index (χ3v) is 4.83. The van der Waals surface area contributed by atoms with E-state index in [-0.39, 0.29) is 23.5 Å². The summed E-state index contributed by atoms with van der Waals surface area (Å²) >= 11 is 0. The largest absolute Gasteiger partial charge is 0.496 e. The van der Waals surface area contributed by atoms with Crippen molar-refractivity contribution in [1.82, 2.24) is 0 Å². The lowest BCUT2D eigenvalue weighted by Crippen LogP contribution is -2.56. The van der Waals surface area contributed by atoms with Crippen LogP contribution in [0.15, 0.2) is 43.0 Å². The molecule has 0 saturated carbocycles. The number of ether oxygens (including phenoxy) is 4. The topological polar surface area (TPSA) is 36.9 Å². The summed E-state index contributed by atoms with van der Waals surface area (Å²) < 4.78 is 103. The van der Waals surface area contributed by atoms with E-state index in [0.717, 1.165) is 19.2 Å². The first-order valence-electron chi connectivity index (χ1n) is 9.83. The van der Waals surface area contributed by atoms with E-state index < -0.39 is 30.3 Å². The van der Waals surface area contributed by atoms with Crippen molar-refractivity contribution in [1.29, 1.82) is 0 Å². The van der Waals surface area contributed by atoms with E-state index in [0.29, 0.717) is 23.8 Å². The summed E-state index contributed by atoms with van der Waals surface area (Å²) in [5.41, 5.74) is -4.84. The van der Waals surface area contributed by atoms with E-state index >= 15 is 0 Å². The van der Waals surface area contributed by atoms with Gasteiger partial charge in [-0.2, -0.15) is 26.3 Å². The number of alkyl halides is 6. The maximum Gasteiger partial charge on any atom is 0.430 e. The Morgan fingerprint density at radius 1 is 0.909 bits per heavy atom. The molecule has 0 radical (unpaired) electrons.